The first-order valence-electron chi connectivity index (χ1n) is 10.1. The van der Waals surface area contributed by atoms with Crippen molar-refractivity contribution in [2.75, 3.05) is 59.9 Å². The number of hydrogen-bond donors (Lipinski definition) is 1. The summed E-state index contributed by atoms with van der Waals surface area (Å²) in [5, 5.41) is 3.24. The number of likely N-dealkylation sites (N-methyl/N-ethyl adjacent to an activating group) is 1. The second kappa shape index (κ2) is 9.49. The van der Waals surface area contributed by atoms with Crippen LogP contribution in [0.2, 0.25) is 0 Å². The zero-order valence-electron chi connectivity index (χ0n) is 16.4. The monoisotopic (exact) mass is 358 g/mol. The molecule has 2 aliphatic rings. The van der Waals surface area contributed by atoms with Gasteiger partial charge in [0.05, 0.1) is 0 Å². The van der Waals surface area contributed by atoms with Gasteiger partial charge in [0, 0.05) is 39.3 Å². The lowest BCUT2D eigenvalue weighted by atomic mass is 9.92. The summed E-state index contributed by atoms with van der Waals surface area (Å²) in [5.41, 5.74) is 1.14. The zero-order chi connectivity index (χ0) is 18.4. The molecule has 2 saturated heterocycles. The van der Waals surface area contributed by atoms with Crippen LogP contribution in [-0.4, -0.2) is 80.5 Å². The van der Waals surface area contributed by atoms with Crippen LogP contribution < -0.4 is 5.32 Å². The average molecular weight is 359 g/mol. The van der Waals surface area contributed by atoms with E-state index in [1.807, 2.05) is 13.1 Å². The van der Waals surface area contributed by atoms with E-state index in [-0.39, 0.29) is 6.04 Å². The maximum atomic E-state index is 13.5. The summed E-state index contributed by atoms with van der Waals surface area (Å²) in [6.07, 6.45) is 3.49. The molecule has 144 valence electrons. The number of amides is 1. The standard InChI is InChI=1S/C21H34N4O/c1-22-11-8-18-9-12-25(13-10-18)21(26)20(19-6-4-3-5-7-19)24-16-14-23(2)15-17-24/h3-7,18,20,22H,8-17H2,1-2H3. The van der Waals surface area contributed by atoms with Crippen molar-refractivity contribution in [1.29, 1.82) is 0 Å². The summed E-state index contributed by atoms with van der Waals surface area (Å²) in [6.45, 7) is 6.87. The van der Waals surface area contributed by atoms with Crippen molar-refractivity contribution < 1.29 is 4.79 Å². The molecule has 1 aromatic rings. The van der Waals surface area contributed by atoms with E-state index in [0.717, 1.165) is 70.1 Å². The van der Waals surface area contributed by atoms with E-state index in [1.54, 1.807) is 0 Å². The van der Waals surface area contributed by atoms with Gasteiger partial charge in [0.25, 0.3) is 0 Å². The Morgan fingerprint density at radius 3 is 2.35 bits per heavy atom. The fraction of sp³-hybridized carbons (Fsp3) is 0.667. The van der Waals surface area contributed by atoms with Gasteiger partial charge in [0.1, 0.15) is 6.04 Å². The lowest BCUT2D eigenvalue weighted by molar-refractivity contribution is -0.139. The Morgan fingerprint density at radius 1 is 1.08 bits per heavy atom. The van der Waals surface area contributed by atoms with Crippen molar-refractivity contribution in [3.63, 3.8) is 0 Å². The van der Waals surface area contributed by atoms with E-state index < -0.39 is 0 Å². The van der Waals surface area contributed by atoms with Crippen molar-refractivity contribution >= 4 is 5.91 Å². The number of piperidine rings is 1. The van der Waals surface area contributed by atoms with Gasteiger partial charge in [-0.15, -0.1) is 0 Å². The third-order valence-electron chi connectivity index (χ3n) is 5.98. The molecular weight excluding hydrogens is 324 g/mol. The van der Waals surface area contributed by atoms with Crippen LogP contribution in [0.15, 0.2) is 30.3 Å². The zero-order valence-corrected chi connectivity index (χ0v) is 16.4. The Kier molecular flexibility index (Phi) is 7.06. The van der Waals surface area contributed by atoms with E-state index in [2.05, 4.69) is 51.3 Å². The molecule has 0 aliphatic carbocycles. The molecule has 2 fully saturated rings. The lowest BCUT2D eigenvalue weighted by Crippen LogP contribution is -2.51. The van der Waals surface area contributed by atoms with Gasteiger partial charge in [-0.3, -0.25) is 9.69 Å². The summed E-state index contributed by atoms with van der Waals surface area (Å²) >= 11 is 0. The van der Waals surface area contributed by atoms with Gasteiger partial charge in [0.15, 0.2) is 0 Å². The predicted molar refractivity (Wildman–Crippen MR) is 106 cm³/mol. The maximum absolute atomic E-state index is 13.5. The van der Waals surface area contributed by atoms with Crippen molar-refractivity contribution in [3.8, 4) is 0 Å². The van der Waals surface area contributed by atoms with Gasteiger partial charge in [-0.1, -0.05) is 30.3 Å². The molecule has 0 bridgehead atoms. The molecule has 2 aliphatic heterocycles. The fourth-order valence-corrected chi connectivity index (χ4v) is 4.19. The van der Waals surface area contributed by atoms with Crippen LogP contribution in [0.25, 0.3) is 0 Å². The van der Waals surface area contributed by atoms with Gasteiger partial charge in [-0.25, -0.2) is 0 Å². The first-order valence-corrected chi connectivity index (χ1v) is 10.1. The van der Waals surface area contributed by atoms with Crippen LogP contribution in [0.5, 0.6) is 0 Å². The molecular formula is C21H34N4O. The molecule has 0 spiro atoms. The quantitative estimate of drug-likeness (QED) is 0.842. The van der Waals surface area contributed by atoms with Crippen LogP contribution in [0.3, 0.4) is 0 Å². The average Bonchev–Trinajstić information content (AvgIpc) is 2.69. The largest absolute Gasteiger partial charge is 0.341 e. The minimum atomic E-state index is -0.126. The molecule has 1 atom stereocenters. The number of nitrogens with one attached hydrogen (secondary N) is 1. The third kappa shape index (κ3) is 4.84. The number of benzene rings is 1. The minimum absolute atomic E-state index is 0.126. The number of likely N-dealkylation sites (tertiary alicyclic amines) is 1. The van der Waals surface area contributed by atoms with E-state index in [1.165, 1.54) is 6.42 Å². The van der Waals surface area contributed by atoms with Gasteiger partial charge >= 0.3 is 0 Å². The van der Waals surface area contributed by atoms with E-state index >= 15 is 0 Å². The molecule has 0 radical (unpaired) electrons. The highest BCUT2D eigenvalue weighted by Crippen LogP contribution is 2.28. The highest BCUT2D eigenvalue weighted by Gasteiger charge is 2.34. The summed E-state index contributed by atoms with van der Waals surface area (Å²) in [5.74, 6) is 1.05. The summed E-state index contributed by atoms with van der Waals surface area (Å²) in [7, 11) is 4.17. The second-order valence-corrected chi connectivity index (χ2v) is 7.81. The Bertz CT molecular complexity index is 548. The van der Waals surface area contributed by atoms with Crippen LogP contribution in [0.1, 0.15) is 30.9 Å². The number of carbonyl (C=O) groups excluding carboxylic acids is 1. The molecule has 1 unspecified atom stereocenters. The van der Waals surface area contributed by atoms with Crippen LogP contribution >= 0.6 is 0 Å². The SMILES string of the molecule is CNCCC1CCN(C(=O)C(c2ccccc2)N2CCN(C)CC2)CC1. The fourth-order valence-electron chi connectivity index (χ4n) is 4.19. The van der Waals surface area contributed by atoms with E-state index in [9.17, 15) is 4.79 Å². The second-order valence-electron chi connectivity index (χ2n) is 7.81. The Labute approximate surface area is 158 Å². The predicted octanol–water partition coefficient (Wildman–Crippen LogP) is 1.82. The van der Waals surface area contributed by atoms with Crippen molar-refractivity contribution in [3.05, 3.63) is 35.9 Å². The maximum Gasteiger partial charge on any atom is 0.244 e. The van der Waals surface area contributed by atoms with Gasteiger partial charge in [0.2, 0.25) is 5.91 Å². The molecule has 5 heteroatoms. The van der Waals surface area contributed by atoms with Gasteiger partial charge in [-0.05, 0) is 51.4 Å². The minimum Gasteiger partial charge on any atom is -0.341 e. The summed E-state index contributed by atoms with van der Waals surface area (Å²) in [6, 6.07) is 10.2. The number of nitrogens with zero attached hydrogens (tertiary/aromatic N) is 3. The number of rotatable bonds is 6. The van der Waals surface area contributed by atoms with E-state index in [4.69, 9.17) is 0 Å². The molecule has 5 nitrogen and oxygen atoms in total. The summed E-state index contributed by atoms with van der Waals surface area (Å²) < 4.78 is 0. The Morgan fingerprint density at radius 2 is 1.73 bits per heavy atom. The molecule has 0 aromatic heterocycles. The molecule has 0 saturated carbocycles. The first kappa shape index (κ1) is 19.3. The number of piperazine rings is 1. The Hall–Kier alpha value is -1.43. The van der Waals surface area contributed by atoms with Gasteiger partial charge in [-0.2, -0.15) is 0 Å². The van der Waals surface area contributed by atoms with Crippen molar-refractivity contribution in [2.45, 2.75) is 25.3 Å². The van der Waals surface area contributed by atoms with Crippen molar-refractivity contribution in [1.82, 2.24) is 20.0 Å². The molecule has 2 heterocycles. The topological polar surface area (TPSA) is 38.8 Å². The molecule has 1 amide bonds. The molecule has 1 N–H and O–H groups in total. The summed E-state index contributed by atoms with van der Waals surface area (Å²) in [4.78, 5) is 20.3. The van der Waals surface area contributed by atoms with Crippen LogP contribution in [0.4, 0.5) is 0 Å². The first-order chi connectivity index (χ1) is 12.7. The van der Waals surface area contributed by atoms with E-state index in [0.29, 0.717) is 5.91 Å². The lowest BCUT2D eigenvalue weighted by Gasteiger charge is -2.41. The van der Waals surface area contributed by atoms with Crippen molar-refractivity contribution in [2.24, 2.45) is 5.92 Å². The highest BCUT2D eigenvalue weighted by atomic mass is 16.2. The van der Waals surface area contributed by atoms with Gasteiger partial charge < -0.3 is 15.1 Å². The molecule has 26 heavy (non-hydrogen) atoms. The smallest absolute Gasteiger partial charge is 0.244 e. The Balaban J connectivity index is 1.68. The molecule has 3 rings (SSSR count). The highest BCUT2D eigenvalue weighted by molar-refractivity contribution is 5.83. The number of carbonyl (C=O) groups is 1. The third-order valence-corrected chi connectivity index (χ3v) is 5.98. The van der Waals surface area contributed by atoms with Crippen LogP contribution in [0, 0.1) is 5.92 Å². The molecule has 1 aromatic carbocycles. The van der Waals surface area contributed by atoms with Crippen LogP contribution in [-0.2, 0) is 4.79 Å². The normalized spacial score (nSPS) is 21.7. The number of hydrogen-bond acceptors (Lipinski definition) is 4.